The Hall–Kier alpha value is -0.160. The van der Waals surface area contributed by atoms with Gasteiger partial charge in [-0.25, -0.2) is 0 Å². The Labute approximate surface area is 106 Å². The van der Waals surface area contributed by atoms with Crippen LogP contribution >= 0.6 is 15.9 Å². The maximum Gasteiger partial charge on any atom is 0.291 e. The average Bonchev–Trinajstić information content (AvgIpc) is 2.26. The molecular formula is C11H22BrNO3. The van der Waals surface area contributed by atoms with Gasteiger partial charge in [0, 0.05) is 4.92 Å². The third-order valence-electron chi connectivity index (χ3n) is 2.62. The summed E-state index contributed by atoms with van der Waals surface area (Å²) in [6.45, 7) is 2.18. The van der Waals surface area contributed by atoms with E-state index in [-0.39, 0.29) is 0 Å². The maximum atomic E-state index is 10.3. The van der Waals surface area contributed by atoms with E-state index < -0.39 is 16.0 Å². The fourth-order valence-electron chi connectivity index (χ4n) is 1.59. The van der Waals surface area contributed by atoms with E-state index in [9.17, 15) is 15.2 Å². The Morgan fingerprint density at radius 2 is 1.69 bits per heavy atom. The average molecular weight is 296 g/mol. The van der Waals surface area contributed by atoms with Crippen molar-refractivity contribution in [3.8, 4) is 0 Å². The highest BCUT2D eigenvalue weighted by atomic mass is 79.9. The highest BCUT2D eigenvalue weighted by molar-refractivity contribution is 9.09. The molecule has 0 spiro atoms. The molecule has 0 fully saturated rings. The Balaban J connectivity index is 3.34. The van der Waals surface area contributed by atoms with Gasteiger partial charge in [0.2, 0.25) is 0 Å². The van der Waals surface area contributed by atoms with Crippen molar-refractivity contribution in [2.75, 3.05) is 0 Å². The third kappa shape index (κ3) is 8.05. The quantitative estimate of drug-likeness (QED) is 0.221. The van der Waals surface area contributed by atoms with Crippen molar-refractivity contribution in [3.05, 3.63) is 10.1 Å². The largest absolute Gasteiger partial charge is 0.385 e. The molecule has 4 nitrogen and oxygen atoms in total. The molecule has 0 aromatic heterocycles. The zero-order valence-electron chi connectivity index (χ0n) is 9.90. The van der Waals surface area contributed by atoms with Crippen molar-refractivity contribution in [3.63, 3.8) is 0 Å². The van der Waals surface area contributed by atoms with Crippen molar-refractivity contribution in [2.24, 2.45) is 0 Å². The summed E-state index contributed by atoms with van der Waals surface area (Å²) in [6, 6.07) is 0. The van der Waals surface area contributed by atoms with Gasteiger partial charge in [-0.05, 0) is 22.4 Å². The topological polar surface area (TPSA) is 63.4 Å². The van der Waals surface area contributed by atoms with Gasteiger partial charge < -0.3 is 5.11 Å². The van der Waals surface area contributed by atoms with E-state index in [4.69, 9.17) is 0 Å². The van der Waals surface area contributed by atoms with Gasteiger partial charge in [-0.15, -0.1) is 0 Å². The highest BCUT2D eigenvalue weighted by Gasteiger charge is 2.25. The molecule has 0 rings (SSSR count). The Bertz CT molecular complexity index is 190. The molecule has 2 atom stereocenters. The maximum absolute atomic E-state index is 10.3. The standard InChI is InChI=1S/C11H22BrNO3/c1-2-3-4-5-6-7-8-9-10(14)11(12)13(15)16/h10-11,14H,2-9H2,1H3/t10-,11-/m0/s1. The summed E-state index contributed by atoms with van der Waals surface area (Å²) in [6.07, 6.45) is 7.75. The van der Waals surface area contributed by atoms with E-state index in [2.05, 4.69) is 22.9 Å². The van der Waals surface area contributed by atoms with Crippen molar-refractivity contribution in [1.29, 1.82) is 0 Å². The minimum Gasteiger partial charge on any atom is -0.385 e. The van der Waals surface area contributed by atoms with Crippen LogP contribution in [0, 0.1) is 10.1 Å². The van der Waals surface area contributed by atoms with Crippen molar-refractivity contribution < 1.29 is 10.0 Å². The van der Waals surface area contributed by atoms with Gasteiger partial charge in [0.25, 0.3) is 4.95 Å². The lowest BCUT2D eigenvalue weighted by Crippen LogP contribution is -2.27. The summed E-state index contributed by atoms with van der Waals surface area (Å²) in [7, 11) is 0. The molecule has 1 N–H and O–H groups in total. The number of aliphatic hydroxyl groups excluding tert-OH is 1. The smallest absolute Gasteiger partial charge is 0.291 e. The minimum atomic E-state index is -1.02. The Morgan fingerprint density at radius 3 is 2.19 bits per heavy atom. The van der Waals surface area contributed by atoms with Crippen LogP contribution in [0.25, 0.3) is 0 Å². The second-order valence-electron chi connectivity index (χ2n) is 4.14. The zero-order valence-corrected chi connectivity index (χ0v) is 11.5. The molecule has 0 saturated carbocycles. The summed E-state index contributed by atoms with van der Waals surface area (Å²) in [5.41, 5.74) is 0. The Kier molecular flexibility index (Phi) is 9.92. The second kappa shape index (κ2) is 10.0. The summed E-state index contributed by atoms with van der Waals surface area (Å²) in [4.78, 5) is 8.83. The summed E-state index contributed by atoms with van der Waals surface area (Å²) in [5.74, 6) is 0. The monoisotopic (exact) mass is 295 g/mol. The van der Waals surface area contributed by atoms with E-state index in [1.807, 2.05) is 0 Å². The molecule has 0 amide bonds. The van der Waals surface area contributed by atoms with Crippen LogP contribution in [0.4, 0.5) is 0 Å². The van der Waals surface area contributed by atoms with Gasteiger partial charge in [-0.1, -0.05) is 51.9 Å². The summed E-state index contributed by atoms with van der Waals surface area (Å²) in [5, 5.41) is 19.8. The molecule has 0 radical (unpaired) electrons. The molecule has 0 unspecified atom stereocenters. The molecule has 0 saturated heterocycles. The number of nitro groups is 1. The first-order chi connectivity index (χ1) is 7.59. The molecule has 0 aromatic carbocycles. The SMILES string of the molecule is CCCCCCCCC[C@H](O)[C@@H](Br)[N+](=O)[O-]. The van der Waals surface area contributed by atoms with Gasteiger partial charge in [0.05, 0.1) is 0 Å². The summed E-state index contributed by atoms with van der Waals surface area (Å²) >= 11 is 2.86. The first-order valence-electron chi connectivity index (χ1n) is 6.05. The van der Waals surface area contributed by atoms with E-state index in [1.54, 1.807) is 0 Å². The molecular weight excluding hydrogens is 274 g/mol. The molecule has 0 aliphatic rings. The van der Waals surface area contributed by atoms with Crippen molar-refractivity contribution >= 4 is 15.9 Å². The van der Waals surface area contributed by atoms with E-state index >= 15 is 0 Å². The number of rotatable bonds is 10. The van der Waals surface area contributed by atoms with Gasteiger partial charge in [-0.2, -0.15) is 0 Å². The molecule has 5 heteroatoms. The predicted molar refractivity (Wildman–Crippen MR) is 68.3 cm³/mol. The number of unbranched alkanes of at least 4 members (excludes halogenated alkanes) is 6. The number of alkyl halides is 1. The van der Waals surface area contributed by atoms with Gasteiger partial charge in [0.1, 0.15) is 6.10 Å². The molecule has 0 aliphatic carbocycles. The highest BCUT2D eigenvalue weighted by Crippen LogP contribution is 2.15. The lowest BCUT2D eigenvalue weighted by atomic mass is 10.1. The third-order valence-corrected chi connectivity index (χ3v) is 3.57. The number of halogens is 1. The molecule has 0 bridgehead atoms. The fraction of sp³-hybridized carbons (Fsp3) is 1.00. The fourth-order valence-corrected chi connectivity index (χ4v) is 1.85. The van der Waals surface area contributed by atoms with Crippen LogP contribution in [0.2, 0.25) is 0 Å². The van der Waals surface area contributed by atoms with Gasteiger partial charge >= 0.3 is 0 Å². The molecule has 96 valence electrons. The first kappa shape index (κ1) is 15.8. The molecule has 0 aliphatic heterocycles. The summed E-state index contributed by atoms with van der Waals surface area (Å²) < 4.78 is 0. The van der Waals surface area contributed by atoms with Crippen molar-refractivity contribution in [2.45, 2.75) is 69.3 Å². The number of aliphatic hydroxyl groups is 1. The normalized spacial score (nSPS) is 14.7. The molecule has 16 heavy (non-hydrogen) atoms. The van der Waals surface area contributed by atoms with Crippen LogP contribution in [0.15, 0.2) is 0 Å². The predicted octanol–water partition coefficient (Wildman–Crippen LogP) is 3.49. The lowest BCUT2D eigenvalue weighted by Gasteiger charge is -2.10. The second-order valence-corrected chi connectivity index (χ2v) is 5.07. The number of hydrogen-bond donors (Lipinski definition) is 1. The van der Waals surface area contributed by atoms with Crippen LogP contribution < -0.4 is 0 Å². The number of nitrogens with zero attached hydrogens (tertiary/aromatic N) is 1. The first-order valence-corrected chi connectivity index (χ1v) is 6.96. The zero-order chi connectivity index (χ0) is 12.4. The van der Waals surface area contributed by atoms with Crippen LogP contribution in [-0.2, 0) is 0 Å². The van der Waals surface area contributed by atoms with Crippen LogP contribution in [0.1, 0.15) is 58.3 Å². The van der Waals surface area contributed by atoms with Crippen LogP contribution in [-0.4, -0.2) is 21.1 Å². The van der Waals surface area contributed by atoms with Crippen LogP contribution in [0.5, 0.6) is 0 Å². The minimum absolute atomic E-state index is 0.494. The van der Waals surface area contributed by atoms with Crippen LogP contribution in [0.3, 0.4) is 0 Å². The Morgan fingerprint density at radius 1 is 1.19 bits per heavy atom. The van der Waals surface area contributed by atoms with Gasteiger partial charge in [-0.3, -0.25) is 10.1 Å². The lowest BCUT2D eigenvalue weighted by molar-refractivity contribution is -0.504. The van der Waals surface area contributed by atoms with E-state index in [0.717, 1.165) is 19.3 Å². The number of hydrogen-bond acceptors (Lipinski definition) is 3. The van der Waals surface area contributed by atoms with E-state index in [1.165, 1.54) is 25.7 Å². The van der Waals surface area contributed by atoms with E-state index in [0.29, 0.717) is 6.42 Å². The van der Waals surface area contributed by atoms with Crippen molar-refractivity contribution in [1.82, 2.24) is 0 Å². The van der Waals surface area contributed by atoms with Gasteiger partial charge in [0.15, 0.2) is 0 Å². The molecule has 0 heterocycles. The molecule has 0 aromatic rings.